The van der Waals surface area contributed by atoms with Crippen molar-refractivity contribution in [3.63, 3.8) is 0 Å². The van der Waals surface area contributed by atoms with Gasteiger partial charge in [-0.15, -0.1) is 0 Å². The first-order valence-corrected chi connectivity index (χ1v) is 7.49. The van der Waals surface area contributed by atoms with E-state index in [1.54, 1.807) is 0 Å². The molecular weight excluding hydrogens is 234 g/mol. The first kappa shape index (κ1) is 14.5. The number of nitrogens with zero attached hydrogens (tertiary/aromatic N) is 1. The maximum Gasteiger partial charge on any atom is 0.0424 e. The van der Waals surface area contributed by atoms with Crippen LogP contribution in [0.2, 0.25) is 0 Å². The fourth-order valence-electron chi connectivity index (χ4n) is 2.58. The van der Waals surface area contributed by atoms with Crippen LogP contribution in [-0.4, -0.2) is 37.6 Å². The van der Waals surface area contributed by atoms with E-state index in [0.29, 0.717) is 5.92 Å². The lowest BCUT2D eigenvalue weighted by molar-refractivity contribution is 0.228. The van der Waals surface area contributed by atoms with Crippen LogP contribution in [0.15, 0.2) is 24.3 Å². The molecule has 3 nitrogen and oxygen atoms in total. The number of nitrogens with two attached hydrogens (primary N) is 1. The smallest absolute Gasteiger partial charge is 0.0424 e. The summed E-state index contributed by atoms with van der Waals surface area (Å²) >= 11 is 0. The van der Waals surface area contributed by atoms with E-state index >= 15 is 0 Å². The summed E-state index contributed by atoms with van der Waals surface area (Å²) in [4.78, 5) is 2.45. The summed E-state index contributed by atoms with van der Waals surface area (Å²) in [5.41, 5.74) is 8.99. The largest absolute Gasteiger partial charge is 0.323 e. The first-order valence-electron chi connectivity index (χ1n) is 7.49. The highest BCUT2D eigenvalue weighted by Gasteiger charge is 2.14. The Bertz CT molecular complexity index is 368. The van der Waals surface area contributed by atoms with Gasteiger partial charge in [0.05, 0.1) is 0 Å². The van der Waals surface area contributed by atoms with Gasteiger partial charge in [0.1, 0.15) is 0 Å². The second-order valence-electron chi connectivity index (χ2n) is 5.63. The summed E-state index contributed by atoms with van der Waals surface area (Å²) in [6.07, 6.45) is 1.19. The summed E-state index contributed by atoms with van der Waals surface area (Å²) in [6.45, 7) is 9.85. The molecule has 1 saturated heterocycles. The Hall–Kier alpha value is -0.900. The van der Waals surface area contributed by atoms with Crippen LogP contribution in [0.4, 0.5) is 0 Å². The highest BCUT2D eigenvalue weighted by atomic mass is 15.2. The Balaban J connectivity index is 1.93. The van der Waals surface area contributed by atoms with E-state index in [1.165, 1.54) is 17.5 Å². The minimum Gasteiger partial charge on any atom is -0.323 e. The molecule has 3 N–H and O–H groups in total. The zero-order chi connectivity index (χ0) is 13.7. The van der Waals surface area contributed by atoms with Gasteiger partial charge in [-0.1, -0.05) is 38.1 Å². The maximum atomic E-state index is 6.32. The van der Waals surface area contributed by atoms with Crippen molar-refractivity contribution in [1.82, 2.24) is 10.2 Å². The predicted octanol–water partition coefficient (Wildman–Crippen LogP) is 2.11. The number of benzene rings is 1. The average Bonchev–Trinajstić information content (AvgIpc) is 2.47. The van der Waals surface area contributed by atoms with Gasteiger partial charge in [-0.3, -0.25) is 4.90 Å². The van der Waals surface area contributed by atoms with Gasteiger partial charge in [-0.05, 0) is 23.5 Å². The molecule has 1 aromatic rings. The highest BCUT2D eigenvalue weighted by Crippen LogP contribution is 2.21. The zero-order valence-electron chi connectivity index (χ0n) is 12.2. The van der Waals surface area contributed by atoms with Crippen LogP contribution in [-0.2, 0) is 0 Å². The van der Waals surface area contributed by atoms with Gasteiger partial charge in [-0.2, -0.15) is 0 Å². The number of nitrogens with one attached hydrogen (secondary N) is 1. The Morgan fingerprint density at radius 2 is 1.74 bits per heavy atom. The highest BCUT2D eigenvalue weighted by molar-refractivity contribution is 5.27. The van der Waals surface area contributed by atoms with Gasteiger partial charge in [-0.25, -0.2) is 0 Å². The Labute approximate surface area is 117 Å². The van der Waals surface area contributed by atoms with Gasteiger partial charge in [0.2, 0.25) is 0 Å². The number of rotatable bonds is 5. The Kier molecular flexibility index (Phi) is 5.37. The van der Waals surface area contributed by atoms with Gasteiger partial charge in [0.15, 0.2) is 0 Å². The number of hydrogen-bond donors (Lipinski definition) is 2. The van der Waals surface area contributed by atoms with E-state index in [0.717, 1.165) is 32.7 Å². The van der Waals surface area contributed by atoms with Crippen molar-refractivity contribution in [3.05, 3.63) is 35.4 Å². The maximum absolute atomic E-state index is 6.32. The molecule has 3 heteroatoms. The third kappa shape index (κ3) is 4.03. The van der Waals surface area contributed by atoms with Crippen LogP contribution in [0.5, 0.6) is 0 Å². The molecule has 0 bridgehead atoms. The van der Waals surface area contributed by atoms with E-state index in [2.05, 4.69) is 48.3 Å². The summed E-state index contributed by atoms with van der Waals surface area (Å²) in [7, 11) is 0. The molecule has 0 saturated carbocycles. The molecule has 0 aromatic heterocycles. The molecule has 0 aliphatic carbocycles. The van der Waals surface area contributed by atoms with Gasteiger partial charge >= 0.3 is 0 Å². The molecule has 1 aliphatic heterocycles. The third-order valence-corrected chi connectivity index (χ3v) is 4.21. The van der Waals surface area contributed by atoms with Gasteiger partial charge in [0.25, 0.3) is 0 Å². The number of piperazine rings is 1. The topological polar surface area (TPSA) is 41.3 Å². The van der Waals surface area contributed by atoms with Crippen molar-refractivity contribution in [2.24, 2.45) is 5.73 Å². The fraction of sp³-hybridized carbons (Fsp3) is 0.625. The normalized spacial score (nSPS) is 20.2. The van der Waals surface area contributed by atoms with E-state index < -0.39 is 0 Å². The second kappa shape index (κ2) is 7.04. The van der Waals surface area contributed by atoms with Crippen LogP contribution >= 0.6 is 0 Å². The summed E-state index contributed by atoms with van der Waals surface area (Å²) in [6, 6.07) is 9.01. The predicted molar refractivity (Wildman–Crippen MR) is 81.4 cm³/mol. The van der Waals surface area contributed by atoms with E-state index in [9.17, 15) is 0 Å². The molecule has 1 heterocycles. The van der Waals surface area contributed by atoms with Crippen molar-refractivity contribution in [2.75, 3.05) is 32.7 Å². The number of hydrogen-bond acceptors (Lipinski definition) is 3. The lowest BCUT2D eigenvalue weighted by Crippen LogP contribution is -2.45. The van der Waals surface area contributed by atoms with Crippen LogP contribution in [0, 0.1) is 0 Å². The van der Waals surface area contributed by atoms with Crippen molar-refractivity contribution in [3.8, 4) is 0 Å². The molecule has 2 rings (SSSR count). The Morgan fingerprint density at radius 3 is 2.32 bits per heavy atom. The standard InChI is InChI=1S/C16H27N3/c1-3-13(2)14-4-6-15(7-5-14)16(17)12-19-10-8-18-9-11-19/h4-7,13,16,18H,3,8-12,17H2,1-2H3. The molecule has 2 atom stereocenters. The molecule has 0 amide bonds. The molecule has 106 valence electrons. The van der Waals surface area contributed by atoms with E-state index in [-0.39, 0.29) is 6.04 Å². The van der Waals surface area contributed by atoms with Crippen LogP contribution in [0.25, 0.3) is 0 Å². The summed E-state index contributed by atoms with van der Waals surface area (Å²) < 4.78 is 0. The molecule has 1 aromatic carbocycles. The second-order valence-corrected chi connectivity index (χ2v) is 5.63. The molecule has 0 radical (unpaired) electrons. The van der Waals surface area contributed by atoms with Gasteiger partial charge < -0.3 is 11.1 Å². The SMILES string of the molecule is CCC(C)c1ccc(C(N)CN2CCNCC2)cc1. The fourth-order valence-corrected chi connectivity index (χ4v) is 2.58. The summed E-state index contributed by atoms with van der Waals surface area (Å²) in [5, 5.41) is 3.37. The lowest BCUT2D eigenvalue weighted by Gasteiger charge is -2.29. The molecule has 1 fully saturated rings. The molecule has 0 spiro atoms. The van der Waals surface area contributed by atoms with Gasteiger partial charge in [0, 0.05) is 38.8 Å². The average molecular weight is 261 g/mol. The van der Waals surface area contributed by atoms with Crippen molar-refractivity contribution in [1.29, 1.82) is 0 Å². The van der Waals surface area contributed by atoms with Crippen LogP contribution < -0.4 is 11.1 Å². The first-order chi connectivity index (χ1) is 9.20. The Morgan fingerprint density at radius 1 is 1.16 bits per heavy atom. The van der Waals surface area contributed by atoms with Crippen molar-refractivity contribution < 1.29 is 0 Å². The van der Waals surface area contributed by atoms with Crippen molar-refractivity contribution in [2.45, 2.75) is 32.2 Å². The van der Waals surface area contributed by atoms with Crippen LogP contribution in [0.3, 0.4) is 0 Å². The minimum atomic E-state index is 0.129. The van der Waals surface area contributed by atoms with Crippen molar-refractivity contribution >= 4 is 0 Å². The zero-order valence-corrected chi connectivity index (χ0v) is 12.2. The molecular formula is C16H27N3. The minimum absolute atomic E-state index is 0.129. The van der Waals surface area contributed by atoms with Crippen LogP contribution in [0.1, 0.15) is 43.4 Å². The quantitative estimate of drug-likeness (QED) is 0.853. The third-order valence-electron chi connectivity index (χ3n) is 4.21. The molecule has 19 heavy (non-hydrogen) atoms. The molecule has 2 unspecified atom stereocenters. The monoisotopic (exact) mass is 261 g/mol. The lowest BCUT2D eigenvalue weighted by atomic mass is 9.96. The van der Waals surface area contributed by atoms with E-state index in [4.69, 9.17) is 5.73 Å². The molecule has 1 aliphatic rings. The summed E-state index contributed by atoms with van der Waals surface area (Å²) in [5.74, 6) is 0.637. The van der Waals surface area contributed by atoms with E-state index in [1.807, 2.05) is 0 Å².